The summed E-state index contributed by atoms with van der Waals surface area (Å²) in [5.74, 6) is 0. The molecular formula is C11H21N5. The molecule has 0 amide bonds. The van der Waals surface area contributed by atoms with Gasteiger partial charge in [-0.05, 0) is 7.05 Å². The molecule has 0 radical (unpaired) electrons. The Kier molecular flexibility index (Phi) is 3.58. The van der Waals surface area contributed by atoms with Crippen LogP contribution >= 0.6 is 0 Å². The van der Waals surface area contributed by atoms with Gasteiger partial charge in [-0.15, -0.1) is 0 Å². The number of likely N-dealkylation sites (N-methyl/N-ethyl adjacent to an activating group) is 1. The molecule has 0 aromatic carbocycles. The lowest BCUT2D eigenvalue weighted by Gasteiger charge is -2.33. The van der Waals surface area contributed by atoms with Crippen LogP contribution in [0.15, 0.2) is 12.4 Å². The van der Waals surface area contributed by atoms with Crippen LogP contribution in [0.1, 0.15) is 11.6 Å². The predicted octanol–water partition coefficient (Wildman–Crippen LogP) is -0.333. The Labute approximate surface area is 96.8 Å². The van der Waals surface area contributed by atoms with Crippen LogP contribution in [0.25, 0.3) is 0 Å². The topological polar surface area (TPSA) is 50.3 Å². The monoisotopic (exact) mass is 223 g/mol. The number of hydrogen-bond acceptors (Lipinski definition) is 4. The van der Waals surface area contributed by atoms with Crippen molar-refractivity contribution in [3.63, 3.8) is 0 Å². The molecule has 1 atom stereocenters. The van der Waals surface area contributed by atoms with Gasteiger partial charge in [0, 0.05) is 57.6 Å². The highest BCUT2D eigenvalue weighted by molar-refractivity contribution is 5.10. The van der Waals surface area contributed by atoms with Crippen LogP contribution in [0.4, 0.5) is 0 Å². The summed E-state index contributed by atoms with van der Waals surface area (Å²) in [4.78, 5) is 4.78. The molecule has 1 aliphatic heterocycles. The van der Waals surface area contributed by atoms with Crippen molar-refractivity contribution >= 4 is 0 Å². The average molecular weight is 223 g/mol. The first kappa shape index (κ1) is 11.6. The molecule has 5 nitrogen and oxygen atoms in total. The van der Waals surface area contributed by atoms with E-state index < -0.39 is 0 Å². The summed E-state index contributed by atoms with van der Waals surface area (Å²) < 4.78 is 1.80. The number of hydrogen-bond donors (Lipinski definition) is 1. The van der Waals surface area contributed by atoms with E-state index in [1.165, 1.54) is 0 Å². The maximum atomic E-state index is 6.17. The zero-order chi connectivity index (χ0) is 11.5. The summed E-state index contributed by atoms with van der Waals surface area (Å²) in [7, 11) is 4.09. The fraction of sp³-hybridized carbons (Fsp3) is 0.727. The fourth-order valence-corrected chi connectivity index (χ4v) is 2.05. The first-order valence-electron chi connectivity index (χ1n) is 5.80. The molecular weight excluding hydrogens is 202 g/mol. The molecule has 1 aliphatic rings. The van der Waals surface area contributed by atoms with Crippen molar-refractivity contribution in [1.29, 1.82) is 0 Å². The molecule has 0 aliphatic carbocycles. The summed E-state index contributed by atoms with van der Waals surface area (Å²) >= 11 is 0. The van der Waals surface area contributed by atoms with Crippen molar-refractivity contribution < 1.29 is 0 Å². The molecule has 1 unspecified atom stereocenters. The van der Waals surface area contributed by atoms with Crippen LogP contribution in [0.5, 0.6) is 0 Å². The number of piperazine rings is 1. The molecule has 1 saturated heterocycles. The molecule has 0 saturated carbocycles. The smallest absolute Gasteiger partial charge is 0.0537 e. The van der Waals surface area contributed by atoms with Gasteiger partial charge >= 0.3 is 0 Å². The van der Waals surface area contributed by atoms with Gasteiger partial charge in [0.15, 0.2) is 0 Å². The van der Waals surface area contributed by atoms with Crippen molar-refractivity contribution in [3.05, 3.63) is 18.0 Å². The van der Waals surface area contributed by atoms with Crippen LogP contribution in [0.3, 0.4) is 0 Å². The molecule has 5 heteroatoms. The summed E-state index contributed by atoms with van der Waals surface area (Å²) in [6.07, 6.45) is 3.86. The second kappa shape index (κ2) is 4.95. The predicted molar refractivity (Wildman–Crippen MR) is 64.1 cm³/mol. The fourth-order valence-electron chi connectivity index (χ4n) is 2.05. The van der Waals surface area contributed by atoms with Crippen molar-refractivity contribution in [2.75, 3.05) is 39.8 Å². The van der Waals surface area contributed by atoms with Gasteiger partial charge in [0.05, 0.1) is 6.20 Å². The van der Waals surface area contributed by atoms with Gasteiger partial charge in [-0.2, -0.15) is 5.10 Å². The maximum Gasteiger partial charge on any atom is 0.0537 e. The van der Waals surface area contributed by atoms with Crippen LogP contribution in [0, 0.1) is 0 Å². The SMILES string of the molecule is CN1CCN(CC(N)c2cnn(C)c2)CC1. The number of nitrogens with two attached hydrogens (primary N) is 1. The zero-order valence-electron chi connectivity index (χ0n) is 10.1. The molecule has 2 N–H and O–H groups in total. The minimum Gasteiger partial charge on any atom is -0.323 e. The van der Waals surface area contributed by atoms with Gasteiger partial charge in [0.1, 0.15) is 0 Å². The summed E-state index contributed by atoms with van der Waals surface area (Å²) in [5, 5.41) is 4.15. The lowest BCUT2D eigenvalue weighted by Crippen LogP contribution is -2.46. The second-order valence-corrected chi connectivity index (χ2v) is 4.66. The maximum absolute atomic E-state index is 6.17. The Morgan fingerprint density at radius 2 is 2.00 bits per heavy atom. The molecule has 90 valence electrons. The molecule has 0 spiro atoms. The third kappa shape index (κ3) is 2.81. The quantitative estimate of drug-likeness (QED) is 0.762. The molecule has 1 aromatic heterocycles. The standard InChI is InChI=1S/C11H21N5/c1-14-3-5-16(6-4-14)9-11(12)10-7-13-15(2)8-10/h7-8,11H,3-6,9,12H2,1-2H3. The molecule has 16 heavy (non-hydrogen) atoms. The third-order valence-electron chi connectivity index (χ3n) is 3.20. The van der Waals surface area contributed by atoms with E-state index in [-0.39, 0.29) is 6.04 Å². The summed E-state index contributed by atoms with van der Waals surface area (Å²) in [6, 6.07) is 0.0807. The Balaban J connectivity index is 1.85. The van der Waals surface area contributed by atoms with Crippen LogP contribution in [-0.2, 0) is 7.05 Å². The summed E-state index contributed by atoms with van der Waals surface area (Å²) in [5.41, 5.74) is 7.29. The third-order valence-corrected chi connectivity index (χ3v) is 3.20. The molecule has 2 heterocycles. The number of aryl methyl sites for hydroxylation is 1. The first-order chi connectivity index (χ1) is 7.65. The van der Waals surface area contributed by atoms with Gasteiger partial charge < -0.3 is 10.6 Å². The largest absolute Gasteiger partial charge is 0.323 e. The van der Waals surface area contributed by atoms with Crippen molar-refractivity contribution in [2.45, 2.75) is 6.04 Å². The van der Waals surface area contributed by atoms with E-state index in [0.717, 1.165) is 38.3 Å². The first-order valence-corrected chi connectivity index (χ1v) is 5.80. The van der Waals surface area contributed by atoms with E-state index >= 15 is 0 Å². The number of aromatic nitrogens is 2. The minimum atomic E-state index is 0.0807. The van der Waals surface area contributed by atoms with Gasteiger partial charge in [-0.1, -0.05) is 0 Å². The highest BCUT2D eigenvalue weighted by Gasteiger charge is 2.17. The van der Waals surface area contributed by atoms with E-state index in [4.69, 9.17) is 5.73 Å². The molecule has 2 rings (SSSR count). The van der Waals surface area contributed by atoms with Crippen LogP contribution in [0.2, 0.25) is 0 Å². The normalized spacial score (nSPS) is 21.2. The van der Waals surface area contributed by atoms with Gasteiger partial charge in [-0.25, -0.2) is 0 Å². The van der Waals surface area contributed by atoms with E-state index in [2.05, 4.69) is 21.9 Å². The second-order valence-electron chi connectivity index (χ2n) is 4.66. The number of nitrogens with zero attached hydrogens (tertiary/aromatic N) is 4. The molecule has 1 aromatic rings. The van der Waals surface area contributed by atoms with Crippen LogP contribution < -0.4 is 5.73 Å². The van der Waals surface area contributed by atoms with Gasteiger partial charge in [-0.3, -0.25) is 9.58 Å². The lowest BCUT2D eigenvalue weighted by molar-refractivity contribution is 0.147. The van der Waals surface area contributed by atoms with E-state index in [9.17, 15) is 0 Å². The minimum absolute atomic E-state index is 0.0807. The average Bonchev–Trinajstić information content (AvgIpc) is 2.68. The van der Waals surface area contributed by atoms with Crippen LogP contribution in [-0.4, -0.2) is 59.4 Å². The Morgan fingerprint density at radius 1 is 1.31 bits per heavy atom. The van der Waals surface area contributed by atoms with Crippen molar-refractivity contribution in [3.8, 4) is 0 Å². The molecule has 0 bridgehead atoms. The van der Waals surface area contributed by atoms with Gasteiger partial charge in [0.2, 0.25) is 0 Å². The highest BCUT2D eigenvalue weighted by atomic mass is 15.3. The van der Waals surface area contributed by atoms with Crippen molar-refractivity contribution in [1.82, 2.24) is 19.6 Å². The van der Waals surface area contributed by atoms with Gasteiger partial charge in [0.25, 0.3) is 0 Å². The number of rotatable bonds is 3. The molecule has 1 fully saturated rings. The van der Waals surface area contributed by atoms with E-state index in [1.54, 1.807) is 4.68 Å². The Morgan fingerprint density at radius 3 is 2.56 bits per heavy atom. The zero-order valence-corrected chi connectivity index (χ0v) is 10.1. The van der Waals surface area contributed by atoms with Crippen molar-refractivity contribution in [2.24, 2.45) is 12.8 Å². The van der Waals surface area contributed by atoms with E-state index in [1.807, 2.05) is 19.4 Å². The summed E-state index contributed by atoms with van der Waals surface area (Å²) in [6.45, 7) is 5.44. The lowest BCUT2D eigenvalue weighted by atomic mass is 10.1. The Bertz CT molecular complexity index is 327. The highest BCUT2D eigenvalue weighted by Crippen LogP contribution is 2.11. The Hall–Kier alpha value is -0.910. The van der Waals surface area contributed by atoms with E-state index in [0.29, 0.717) is 0 Å².